The van der Waals surface area contributed by atoms with Crippen LogP contribution in [0.3, 0.4) is 0 Å². The van der Waals surface area contributed by atoms with Gasteiger partial charge in [-0.05, 0) is 24.3 Å². The molecule has 0 aliphatic carbocycles. The van der Waals surface area contributed by atoms with Crippen LogP contribution in [-0.2, 0) is 12.4 Å². The van der Waals surface area contributed by atoms with Gasteiger partial charge in [0.1, 0.15) is 11.5 Å². The summed E-state index contributed by atoms with van der Waals surface area (Å²) >= 11 is 5.39. The van der Waals surface area contributed by atoms with E-state index in [1.54, 1.807) is 24.3 Å². The van der Waals surface area contributed by atoms with Gasteiger partial charge in [-0.2, -0.15) is 0 Å². The lowest BCUT2D eigenvalue weighted by Crippen LogP contribution is -1.92. The van der Waals surface area contributed by atoms with Crippen LogP contribution in [0.2, 0.25) is 0 Å². The van der Waals surface area contributed by atoms with Crippen LogP contribution in [0.25, 0.3) is 0 Å². The third-order valence-electron chi connectivity index (χ3n) is 1.93. The van der Waals surface area contributed by atoms with Crippen LogP contribution >= 0.6 is 11.6 Å². The van der Waals surface area contributed by atoms with Gasteiger partial charge < -0.3 is 14.6 Å². The Morgan fingerprint density at radius 2 is 1.50 bits per heavy atom. The molecule has 2 aromatic heterocycles. The molecular weight excluding hydrogens is 258 g/mol. The van der Waals surface area contributed by atoms with Crippen LogP contribution in [0, 0.1) is 0 Å². The SMILES string of the molecule is NCc1ccc(C=O)o1.O=Cc1ccc(CCl)o1. The van der Waals surface area contributed by atoms with Crippen molar-refractivity contribution in [2.24, 2.45) is 5.73 Å². The molecule has 0 atom stereocenters. The fourth-order valence-corrected chi connectivity index (χ4v) is 1.24. The number of hydrogen-bond donors (Lipinski definition) is 1. The summed E-state index contributed by atoms with van der Waals surface area (Å²) in [5.74, 6) is 2.23. The van der Waals surface area contributed by atoms with Gasteiger partial charge in [-0.15, -0.1) is 11.6 Å². The summed E-state index contributed by atoms with van der Waals surface area (Å²) in [6.45, 7) is 0.341. The zero-order chi connectivity index (χ0) is 13.4. The molecule has 18 heavy (non-hydrogen) atoms. The monoisotopic (exact) mass is 269 g/mol. The Morgan fingerprint density at radius 3 is 1.78 bits per heavy atom. The van der Waals surface area contributed by atoms with Crippen molar-refractivity contribution in [1.29, 1.82) is 0 Å². The number of furan rings is 2. The van der Waals surface area contributed by atoms with Gasteiger partial charge in [0.2, 0.25) is 0 Å². The second-order valence-electron chi connectivity index (χ2n) is 3.18. The van der Waals surface area contributed by atoms with Crippen molar-refractivity contribution >= 4 is 24.2 Å². The number of carbonyl (C=O) groups excluding carboxylic acids is 2. The van der Waals surface area contributed by atoms with Gasteiger partial charge in [-0.25, -0.2) is 0 Å². The molecule has 0 aromatic carbocycles. The lowest BCUT2D eigenvalue weighted by Gasteiger charge is -1.83. The first-order valence-electron chi connectivity index (χ1n) is 5.07. The van der Waals surface area contributed by atoms with Crippen molar-refractivity contribution in [3.05, 3.63) is 47.3 Å². The van der Waals surface area contributed by atoms with Gasteiger partial charge in [0.25, 0.3) is 0 Å². The predicted octanol–water partition coefficient (Wildman–Crippen LogP) is 2.38. The minimum Gasteiger partial charge on any atom is -0.457 e. The third-order valence-corrected chi connectivity index (χ3v) is 2.19. The van der Waals surface area contributed by atoms with Crippen molar-refractivity contribution < 1.29 is 18.4 Å². The molecule has 2 aromatic rings. The highest BCUT2D eigenvalue weighted by atomic mass is 35.5. The van der Waals surface area contributed by atoms with E-state index in [1.165, 1.54) is 0 Å². The van der Waals surface area contributed by atoms with Gasteiger partial charge in [0, 0.05) is 0 Å². The Kier molecular flexibility index (Phi) is 5.90. The molecule has 2 rings (SSSR count). The number of carbonyl (C=O) groups is 2. The van der Waals surface area contributed by atoms with Crippen LogP contribution in [-0.4, -0.2) is 12.6 Å². The molecular formula is C12H12ClNO4. The molecule has 0 spiro atoms. The average molecular weight is 270 g/mol. The largest absolute Gasteiger partial charge is 0.457 e. The molecule has 0 saturated heterocycles. The maximum atomic E-state index is 10.0. The van der Waals surface area contributed by atoms with Crippen LogP contribution in [0.5, 0.6) is 0 Å². The van der Waals surface area contributed by atoms with Crippen molar-refractivity contribution in [2.75, 3.05) is 0 Å². The Balaban J connectivity index is 0.000000180. The summed E-state index contributed by atoms with van der Waals surface area (Å²) in [6.07, 6.45) is 1.30. The van der Waals surface area contributed by atoms with E-state index in [0.717, 1.165) is 0 Å². The summed E-state index contributed by atoms with van der Waals surface area (Å²) < 4.78 is 9.77. The minimum atomic E-state index is 0.313. The second kappa shape index (κ2) is 7.47. The maximum absolute atomic E-state index is 10.0. The van der Waals surface area contributed by atoms with E-state index in [-0.39, 0.29) is 0 Å². The van der Waals surface area contributed by atoms with Crippen molar-refractivity contribution in [1.82, 2.24) is 0 Å². The van der Waals surface area contributed by atoms with E-state index in [1.807, 2.05) is 0 Å². The summed E-state index contributed by atoms with van der Waals surface area (Å²) in [4.78, 5) is 20.0. The molecule has 0 unspecified atom stereocenters. The number of rotatable bonds is 4. The van der Waals surface area contributed by atoms with Crippen LogP contribution in [0.15, 0.2) is 33.1 Å². The van der Waals surface area contributed by atoms with Gasteiger partial charge in [0.05, 0.1) is 12.4 Å². The predicted molar refractivity (Wildman–Crippen MR) is 65.6 cm³/mol. The van der Waals surface area contributed by atoms with Crippen molar-refractivity contribution in [3.63, 3.8) is 0 Å². The number of aldehydes is 2. The van der Waals surface area contributed by atoms with Gasteiger partial charge in [-0.1, -0.05) is 0 Å². The maximum Gasteiger partial charge on any atom is 0.185 e. The zero-order valence-corrected chi connectivity index (χ0v) is 10.2. The van der Waals surface area contributed by atoms with E-state index >= 15 is 0 Å². The normalized spacial score (nSPS) is 9.44. The van der Waals surface area contributed by atoms with E-state index in [2.05, 4.69) is 0 Å². The molecule has 2 N–H and O–H groups in total. The highest BCUT2D eigenvalue weighted by Crippen LogP contribution is 2.07. The number of alkyl halides is 1. The van der Waals surface area contributed by atoms with Crippen molar-refractivity contribution in [2.45, 2.75) is 12.4 Å². The molecule has 0 amide bonds. The minimum absolute atomic E-state index is 0.313. The zero-order valence-electron chi connectivity index (χ0n) is 9.47. The van der Waals surface area contributed by atoms with Crippen LogP contribution in [0.4, 0.5) is 0 Å². The molecule has 0 fully saturated rings. The smallest absolute Gasteiger partial charge is 0.185 e. The molecule has 0 aliphatic rings. The number of hydrogen-bond acceptors (Lipinski definition) is 5. The van der Waals surface area contributed by atoms with Crippen LogP contribution in [0.1, 0.15) is 32.6 Å². The first-order chi connectivity index (χ1) is 8.73. The molecule has 6 heteroatoms. The Bertz CT molecular complexity index is 457. The highest BCUT2D eigenvalue weighted by molar-refractivity contribution is 6.16. The summed E-state index contributed by atoms with van der Waals surface area (Å²) in [7, 11) is 0. The molecule has 2 heterocycles. The lowest BCUT2D eigenvalue weighted by molar-refractivity contribution is 0.109. The van der Waals surface area contributed by atoms with E-state index in [4.69, 9.17) is 26.2 Å². The number of nitrogens with two attached hydrogens (primary N) is 1. The molecule has 0 bridgehead atoms. The summed E-state index contributed by atoms with van der Waals surface area (Å²) in [5.41, 5.74) is 5.21. The van der Waals surface area contributed by atoms with Crippen LogP contribution < -0.4 is 5.73 Å². The van der Waals surface area contributed by atoms with Gasteiger partial charge in [-0.3, -0.25) is 9.59 Å². The number of halogens is 1. The Morgan fingerprint density at radius 1 is 1.00 bits per heavy atom. The quantitative estimate of drug-likeness (QED) is 0.680. The molecule has 5 nitrogen and oxygen atoms in total. The van der Waals surface area contributed by atoms with Crippen molar-refractivity contribution in [3.8, 4) is 0 Å². The van der Waals surface area contributed by atoms with E-state index in [9.17, 15) is 9.59 Å². The summed E-state index contributed by atoms with van der Waals surface area (Å²) in [6, 6.07) is 6.54. The standard InChI is InChI=1S/C6H5ClO2.C6H7NO2/c2*7-3-5-1-2-6(4-8)9-5/h1-2,4H,3H2;1-2,4H,3,7H2. The molecule has 0 saturated carbocycles. The van der Waals surface area contributed by atoms with E-state index in [0.29, 0.717) is 48.0 Å². The Hall–Kier alpha value is -1.85. The lowest BCUT2D eigenvalue weighted by atomic mass is 10.4. The fourth-order valence-electron chi connectivity index (χ4n) is 1.10. The molecule has 0 radical (unpaired) electrons. The highest BCUT2D eigenvalue weighted by Gasteiger charge is 1.96. The fraction of sp³-hybridized carbons (Fsp3) is 0.167. The molecule has 0 aliphatic heterocycles. The van der Waals surface area contributed by atoms with E-state index < -0.39 is 0 Å². The first-order valence-corrected chi connectivity index (χ1v) is 5.60. The topological polar surface area (TPSA) is 86.4 Å². The molecule has 96 valence electrons. The Labute approximate surface area is 109 Å². The first kappa shape index (κ1) is 14.2. The second-order valence-corrected chi connectivity index (χ2v) is 3.45. The third kappa shape index (κ3) is 4.20. The average Bonchev–Trinajstić information content (AvgIpc) is 3.07. The van der Waals surface area contributed by atoms with Gasteiger partial charge >= 0.3 is 0 Å². The van der Waals surface area contributed by atoms with Gasteiger partial charge in [0.15, 0.2) is 24.1 Å². The summed E-state index contributed by atoms with van der Waals surface area (Å²) in [5, 5.41) is 0.